The van der Waals surface area contributed by atoms with Crippen LogP contribution in [0.3, 0.4) is 0 Å². The highest BCUT2D eigenvalue weighted by molar-refractivity contribution is 9.10. The van der Waals surface area contributed by atoms with Crippen molar-refractivity contribution in [3.8, 4) is 5.69 Å². The minimum absolute atomic E-state index is 0.149. The molecule has 0 saturated heterocycles. The zero-order valence-corrected chi connectivity index (χ0v) is 12.9. The Morgan fingerprint density at radius 2 is 2.05 bits per heavy atom. The lowest BCUT2D eigenvalue weighted by Crippen LogP contribution is -2.22. The molecular weight excluding hydrogens is 306 g/mol. The first-order valence-electron chi connectivity index (χ1n) is 6.34. The summed E-state index contributed by atoms with van der Waals surface area (Å²) in [5.74, 6) is 0.209. The van der Waals surface area contributed by atoms with Gasteiger partial charge < -0.3 is 5.73 Å². The molecule has 0 aliphatic rings. The van der Waals surface area contributed by atoms with Crippen molar-refractivity contribution < 1.29 is 0 Å². The fraction of sp³-hybridized carbons (Fsp3) is 0.357. The molecule has 0 spiro atoms. The van der Waals surface area contributed by atoms with Crippen LogP contribution >= 0.6 is 15.9 Å². The van der Waals surface area contributed by atoms with Gasteiger partial charge in [-0.2, -0.15) is 0 Å². The van der Waals surface area contributed by atoms with Crippen LogP contribution in [-0.4, -0.2) is 9.36 Å². The van der Waals surface area contributed by atoms with Gasteiger partial charge in [0.25, 0.3) is 5.56 Å². The highest BCUT2D eigenvalue weighted by Crippen LogP contribution is 2.22. The Bertz CT molecular complexity index is 655. The second kappa shape index (κ2) is 5.25. The number of aromatic nitrogens is 2. The summed E-state index contributed by atoms with van der Waals surface area (Å²) in [6, 6.07) is 7.66. The standard InChI is InChI=1S/C14H18BrN3O/c1-4-17-13(9(2)3)12(16)14(19)18(17)11-7-5-6-10(15)8-11/h5-9H,4,16H2,1-3H3. The molecule has 1 aromatic carbocycles. The van der Waals surface area contributed by atoms with Crippen molar-refractivity contribution >= 4 is 21.6 Å². The lowest BCUT2D eigenvalue weighted by molar-refractivity contribution is 0.534. The molecule has 0 aliphatic carbocycles. The van der Waals surface area contributed by atoms with E-state index in [2.05, 4.69) is 15.9 Å². The van der Waals surface area contributed by atoms with Crippen molar-refractivity contribution in [2.24, 2.45) is 0 Å². The van der Waals surface area contributed by atoms with E-state index < -0.39 is 0 Å². The summed E-state index contributed by atoms with van der Waals surface area (Å²) in [6.07, 6.45) is 0. The summed E-state index contributed by atoms with van der Waals surface area (Å²) in [6.45, 7) is 6.80. The average Bonchev–Trinajstić information content (AvgIpc) is 2.61. The van der Waals surface area contributed by atoms with Gasteiger partial charge in [0.15, 0.2) is 0 Å². The molecule has 1 heterocycles. The van der Waals surface area contributed by atoms with E-state index in [-0.39, 0.29) is 11.5 Å². The molecule has 4 nitrogen and oxygen atoms in total. The van der Waals surface area contributed by atoms with Gasteiger partial charge >= 0.3 is 0 Å². The van der Waals surface area contributed by atoms with Crippen LogP contribution < -0.4 is 11.3 Å². The smallest absolute Gasteiger partial charge is 0.294 e. The van der Waals surface area contributed by atoms with Crippen LogP contribution in [0.1, 0.15) is 32.4 Å². The quantitative estimate of drug-likeness (QED) is 0.943. The number of halogens is 1. The molecule has 0 fully saturated rings. The predicted molar refractivity (Wildman–Crippen MR) is 81.9 cm³/mol. The SMILES string of the molecule is CCn1c(C(C)C)c(N)c(=O)n1-c1cccc(Br)c1. The molecule has 0 radical (unpaired) electrons. The number of hydrogen-bond donors (Lipinski definition) is 1. The van der Waals surface area contributed by atoms with Crippen LogP contribution in [0.2, 0.25) is 0 Å². The van der Waals surface area contributed by atoms with Gasteiger partial charge in [-0.3, -0.25) is 9.48 Å². The van der Waals surface area contributed by atoms with E-state index in [1.807, 2.05) is 49.7 Å². The van der Waals surface area contributed by atoms with Crippen molar-refractivity contribution in [3.05, 3.63) is 44.8 Å². The maximum absolute atomic E-state index is 12.4. The van der Waals surface area contributed by atoms with Gasteiger partial charge in [0.1, 0.15) is 5.69 Å². The molecule has 0 bridgehead atoms. The van der Waals surface area contributed by atoms with E-state index in [0.717, 1.165) is 15.9 Å². The summed E-state index contributed by atoms with van der Waals surface area (Å²) in [5.41, 5.74) is 7.90. The lowest BCUT2D eigenvalue weighted by atomic mass is 10.1. The number of benzene rings is 1. The topological polar surface area (TPSA) is 52.9 Å². The Hall–Kier alpha value is -1.49. The molecular formula is C14H18BrN3O. The first-order chi connectivity index (χ1) is 8.97. The van der Waals surface area contributed by atoms with Crippen LogP contribution in [-0.2, 0) is 6.54 Å². The summed E-state index contributed by atoms with van der Waals surface area (Å²) in [4.78, 5) is 12.4. The maximum Gasteiger partial charge on any atom is 0.294 e. The monoisotopic (exact) mass is 323 g/mol. The Morgan fingerprint density at radius 3 is 2.58 bits per heavy atom. The third-order valence-corrected chi connectivity index (χ3v) is 3.61. The van der Waals surface area contributed by atoms with Crippen LogP contribution in [0, 0.1) is 0 Å². The molecule has 5 heteroatoms. The van der Waals surface area contributed by atoms with Gasteiger partial charge in [-0.15, -0.1) is 0 Å². The van der Waals surface area contributed by atoms with E-state index in [1.54, 1.807) is 4.68 Å². The van der Waals surface area contributed by atoms with Crippen molar-refractivity contribution in [1.29, 1.82) is 0 Å². The zero-order valence-electron chi connectivity index (χ0n) is 11.4. The minimum Gasteiger partial charge on any atom is -0.393 e. The number of hydrogen-bond acceptors (Lipinski definition) is 2. The molecule has 102 valence electrons. The predicted octanol–water partition coefficient (Wildman–Crippen LogP) is 3.13. The van der Waals surface area contributed by atoms with E-state index in [1.165, 1.54) is 0 Å². The second-order valence-corrected chi connectivity index (χ2v) is 5.68. The highest BCUT2D eigenvalue weighted by atomic mass is 79.9. The molecule has 2 N–H and O–H groups in total. The second-order valence-electron chi connectivity index (χ2n) is 4.77. The fourth-order valence-electron chi connectivity index (χ4n) is 2.37. The Balaban J connectivity index is 2.77. The Kier molecular flexibility index (Phi) is 3.85. The van der Waals surface area contributed by atoms with E-state index in [4.69, 9.17) is 5.73 Å². The van der Waals surface area contributed by atoms with Gasteiger partial charge in [0.2, 0.25) is 0 Å². The lowest BCUT2D eigenvalue weighted by Gasteiger charge is -2.15. The van der Waals surface area contributed by atoms with Gasteiger partial charge in [0, 0.05) is 11.0 Å². The van der Waals surface area contributed by atoms with Gasteiger partial charge in [-0.05, 0) is 31.0 Å². The first kappa shape index (κ1) is 13.9. The number of rotatable bonds is 3. The van der Waals surface area contributed by atoms with E-state index in [9.17, 15) is 4.79 Å². The average molecular weight is 324 g/mol. The molecule has 2 rings (SSSR count). The number of nitrogens with two attached hydrogens (primary N) is 1. The summed E-state index contributed by atoms with van der Waals surface area (Å²) < 4.78 is 4.53. The highest BCUT2D eigenvalue weighted by Gasteiger charge is 2.20. The molecule has 0 aliphatic heterocycles. The summed E-state index contributed by atoms with van der Waals surface area (Å²) in [5, 5.41) is 0. The largest absolute Gasteiger partial charge is 0.393 e. The third kappa shape index (κ3) is 2.34. The van der Waals surface area contributed by atoms with Crippen LogP contribution in [0.4, 0.5) is 5.69 Å². The zero-order chi connectivity index (χ0) is 14.2. The molecule has 2 aromatic rings. The Morgan fingerprint density at radius 1 is 1.37 bits per heavy atom. The summed E-state index contributed by atoms with van der Waals surface area (Å²) >= 11 is 3.43. The van der Waals surface area contributed by atoms with Crippen LogP contribution in [0.15, 0.2) is 33.5 Å². The van der Waals surface area contributed by atoms with Gasteiger partial charge in [0.05, 0.1) is 11.4 Å². The minimum atomic E-state index is -0.149. The van der Waals surface area contributed by atoms with E-state index >= 15 is 0 Å². The van der Waals surface area contributed by atoms with Crippen molar-refractivity contribution in [1.82, 2.24) is 9.36 Å². The molecule has 0 saturated carbocycles. The van der Waals surface area contributed by atoms with Gasteiger partial charge in [-0.1, -0.05) is 35.8 Å². The number of nitrogen functional groups attached to an aromatic ring is 1. The van der Waals surface area contributed by atoms with Crippen LogP contribution in [0.5, 0.6) is 0 Å². The fourth-order valence-corrected chi connectivity index (χ4v) is 2.75. The van der Waals surface area contributed by atoms with E-state index in [0.29, 0.717) is 12.2 Å². The van der Waals surface area contributed by atoms with Gasteiger partial charge in [-0.25, -0.2) is 4.68 Å². The maximum atomic E-state index is 12.4. The third-order valence-electron chi connectivity index (χ3n) is 3.12. The number of anilines is 1. The van der Waals surface area contributed by atoms with Crippen LogP contribution in [0.25, 0.3) is 5.69 Å². The van der Waals surface area contributed by atoms with Crippen molar-refractivity contribution in [2.45, 2.75) is 33.2 Å². The molecule has 19 heavy (non-hydrogen) atoms. The molecule has 0 unspecified atom stereocenters. The van der Waals surface area contributed by atoms with Crippen molar-refractivity contribution in [2.75, 3.05) is 5.73 Å². The normalized spacial score (nSPS) is 11.2. The first-order valence-corrected chi connectivity index (χ1v) is 7.13. The number of nitrogens with zero attached hydrogens (tertiary/aromatic N) is 2. The molecule has 1 aromatic heterocycles. The summed E-state index contributed by atoms with van der Waals surface area (Å²) in [7, 11) is 0. The van der Waals surface area contributed by atoms with Crippen molar-refractivity contribution in [3.63, 3.8) is 0 Å². The molecule has 0 atom stereocenters. The Labute approximate surface area is 120 Å². The molecule has 0 amide bonds.